The number of hydrogen-bond donors (Lipinski definition) is 1. The summed E-state index contributed by atoms with van der Waals surface area (Å²) in [5.74, 6) is 0.864. The molecule has 3 heteroatoms. The first-order chi connectivity index (χ1) is 8.26. The van der Waals surface area contributed by atoms with Crippen LogP contribution in [-0.4, -0.2) is 26.3 Å². The van der Waals surface area contributed by atoms with Gasteiger partial charge in [0.2, 0.25) is 0 Å². The first kappa shape index (κ1) is 13.7. The summed E-state index contributed by atoms with van der Waals surface area (Å²) < 4.78 is 10.9. The van der Waals surface area contributed by atoms with Gasteiger partial charge in [-0.3, -0.25) is 0 Å². The van der Waals surface area contributed by atoms with Gasteiger partial charge in [-0.15, -0.1) is 6.58 Å². The minimum absolute atomic E-state index is 0.182. The second kappa shape index (κ2) is 7.87. The number of benzene rings is 1. The molecule has 0 amide bonds. The Morgan fingerprint density at radius 2 is 2.29 bits per heavy atom. The zero-order valence-electron chi connectivity index (χ0n) is 10.6. The molecule has 0 radical (unpaired) electrons. The Labute approximate surface area is 103 Å². The third kappa shape index (κ3) is 5.52. The average Bonchev–Trinajstić information content (AvgIpc) is 2.37. The summed E-state index contributed by atoms with van der Waals surface area (Å²) >= 11 is 0. The molecule has 1 N–H and O–H groups in total. The van der Waals surface area contributed by atoms with E-state index in [4.69, 9.17) is 9.47 Å². The minimum Gasteiger partial charge on any atom is -0.497 e. The highest BCUT2D eigenvalue weighted by Crippen LogP contribution is 2.13. The monoisotopic (exact) mass is 235 g/mol. The molecular weight excluding hydrogens is 214 g/mol. The average molecular weight is 235 g/mol. The first-order valence-electron chi connectivity index (χ1n) is 5.82. The number of ether oxygens (including phenoxy) is 2. The molecule has 0 heterocycles. The molecule has 1 rings (SSSR count). The van der Waals surface area contributed by atoms with E-state index in [1.165, 1.54) is 0 Å². The summed E-state index contributed by atoms with van der Waals surface area (Å²) in [6.07, 6.45) is 2.02. The zero-order chi connectivity index (χ0) is 12.5. The molecule has 0 spiro atoms. The Bertz CT molecular complexity index is 339. The molecule has 0 bridgehead atoms. The van der Waals surface area contributed by atoms with Gasteiger partial charge in [-0.05, 0) is 24.6 Å². The maximum absolute atomic E-state index is 5.72. The van der Waals surface area contributed by atoms with E-state index in [9.17, 15) is 0 Å². The Morgan fingerprint density at radius 1 is 1.47 bits per heavy atom. The molecule has 0 fully saturated rings. The van der Waals surface area contributed by atoms with E-state index in [0.29, 0.717) is 6.61 Å². The highest BCUT2D eigenvalue weighted by atomic mass is 16.5. The number of hydrogen-bond acceptors (Lipinski definition) is 3. The fourth-order valence-corrected chi connectivity index (χ4v) is 1.45. The Kier molecular flexibility index (Phi) is 6.37. The molecule has 94 valence electrons. The Balaban J connectivity index is 2.31. The predicted octanol–water partition coefficient (Wildman–Crippen LogP) is 2.38. The van der Waals surface area contributed by atoms with Crippen LogP contribution in [0.5, 0.6) is 5.75 Å². The fraction of sp³-hybridized carbons (Fsp3) is 0.429. The fourth-order valence-electron chi connectivity index (χ4n) is 1.45. The predicted molar refractivity (Wildman–Crippen MR) is 70.3 cm³/mol. The van der Waals surface area contributed by atoms with Crippen molar-refractivity contribution in [1.29, 1.82) is 0 Å². The lowest BCUT2D eigenvalue weighted by atomic mass is 10.2. The van der Waals surface area contributed by atoms with Crippen LogP contribution in [0.2, 0.25) is 0 Å². The second-order valence-electron chi connectivity index (χ2n) is 3.92. The Morgan fingerprint density at radius 3 is 3.00 bits per heavy atom. The summed E-state index contributed by atoms with van der Waals surface area (Å²) in [7, 11) is 1.67. The van der Waals surface area contributed by atoms with Crippen molar-refractivity contribution >= 4 is 0 Å². The largest absolute Gasteiger partial charge is 0.497 e. The quantitative estimate of drug-likeness (QED) is 0.554. The van der Waals surface area contributed by atoms with Gasteiger partial charge in [0, 0.05) is 13.1 Å². The van der Waals surface area contributed by atoms with Gasteiger partial charge in [-0.2, -0.15) is 0 Å². The van der Waals surface area contributed by atoms with E-state index in [0.717, 1.165) is 24.4 Å². The van der Waals surface area contributed by atoms with E-state index in [-0.39, 0.29) is 6.10 Å². The van der Waals surface area contributed by atoms with Crippen molar-refractivity contribution in [3.05, 3.63) is 42.5 Å². The molecule has 1 aromatic rings. The Hall–Kier alpha value is -1.32. The molecule has 0 aliphatic carbocycles. The molecule has 0 aromatic heterocycles. The van der Waals surface area contributed by atoms with Crippen LogP contribution in [0.3, 0.4) is 0 Å². The van der Waals surface area contributed by atoms with Gasteiger partial charge >= 0.3 is 0 Å². The van der Waals surface area contributed by atoms with E-state index < -0.39 is 0 Å². The lowest BCUT2D eigenvalue weighted by Gasteiger charge is -2.13. The van der Waals surface area contributed by atoms with E-state index in [2.05, 4.69) is 18.8 Å². The summed E-state index contributed by atoms with van der Waals surface area (Å²) in [4.78, 5) is 0. The van der Waals surface area contributed by atoms with Crippen molar-refractivity contribution < 1.29 is 9.47 Å². The number of methoxy groups -OCH3 is 1. The van der Waals surface area contributed by atoms with Crippen molar-refractivity contribution in [2.75, 3.05) is 20.2 Å². The topological polar surface area (TPSA) is 30.5 Å². The van der Waals surface area contributed by atoms with Gasteiger partial charge < -0.3 is 14.8 Å². The van der Waals surface area contributed by atoms with Gasteiger partial charge in [0.1, 0.15) is 5.75 Å². The lowest BCUT2D eigenvalue weighted by molar-refractivity contribution is 0.0538. The van der Waals surface area contributed by atoms with Crippen LogP contribution in [0, 0.1) is 0 Å². The number of rotatable bonds is 8. The molecule has 3 nitrogen and oxygen atoms in total. The van der Waals surface area contributed by atoms with Gasteiger partial charge in [0.15, 0.2) is 0 Å². The SMILES string of the molecule is C=CCNCC(C)OCc1cccc(OC)c1. The van der Waals surface area contributed by atoms with Crippen LogP contribution in [0.25, 0.3) is 0 Å². The third-order valence-electron chi connectivity index (χ3n) is 2.39. The second-order valence-corrected chi connectivity index (χ2v) is 3.92. The third-order valence-corrected chi connectivity index (χ3v) is 2.39. The summed E-state index contributed by atoms with van der Waals surface area (Å²) in [6.45, 7) is 7.95. The van der Waals surface area contributed by atoms with Crippen LogP contribution in [0.1, 0.15) is 12.5 Å². The van der Waals surface area contributed by atoms with Gasteiger partial charge in [0.05, 0.1) is 19.8 Å². The van der Waals surface area contributed by atoms with E-state index in [1.54, 1.807) is 7.11 Å². The van der Waals surface area contributed by atoms with E-state index in [1.807, 2.05) is 30.3 Å². The molecule has 0 aliphatic rings. The van der Waals surface area contributed by atoms with Crippen LogP contribution in [0.4, 0.5) is 0 Å². The molecule has 1 unspecified atom stereocenters. The molecule has 0 aliphatic heterocycles. The normalized spacial score (nSPS) is 12.1. The molecule has 1 atom stereocenters. The molecular formula is C14H21NO2. The van der Waals surface area contributed by atoms with Crippen molar-refractivity contribution in [3.8, 4) is 5.75 Å². The standard InChI is InChI=1S/C14H21NO2/c1-4-8-15-10-12(2)17-11-13-6-5-7-14(9-13)16-3/h4-7,9,12,15H,1,8,10-11H2,2-3H3. The van der Waals surface area contributed by atoms with Crippen LogP contribution in [0.15, 0.2) is 36.9 Å². The highest BCUT2D eigenvalue weighted by Gasteiger charge is 2.02. The van der Waals surface area contributed by atoms with Crippen molar-refractivity contribution in [1.82, 2.24) is 5.32 Å². The lowest BCUT2D eigenvalue weighted by Crippen LogP contribution is -2.26. The van der Waals surface area contributed by atoms with Crippen LogP contribution in [-0.2, 0) is 11.3 Å². The summed E-state index contributed by atoms with van der Waals surface area (Å²) in [5.41, 5.74) is 1.12. The highest BCUT2D eigenvalue weighted by molar-refractivity contribution is 5.27. The maximum atomic E-state index is 5.72. The first-order valence-corrected chi connectivity index (χ1v) is 5.82. The van der Waals surface area contributed by atoms with Crippen molar-refractivity contribution in [2.24, 2.45) is 0 Å². The van der Waals surface area contributed by atoms with E-state index >= 15 is 0 Å². The number of nitrogens with one attached hydrogen (secondary N) is 1. The van der Waals surface area contributed by atoms with Gasteiger partial charge in [0.25, 0.3) is 0 Å². The van der Waals surface area contributed by atoms with Crippen LogP contribution >= 0.6 is 0 Å². The van der Waals surface area contributed by atoms with Gasteiger partial charge in [-0.25, -0.2) is 0 Å². The molecule has 17 heavy (non-hydrogen) atoms. The summed E-state index contributed by atoms with van der Waals surface area (Å²) in [6, 6.07) is 7.92. The summed E-state index contributed by atoms with van der Waals surface area (Å²) in [5, 5.41) is 3.23. The minimum atomic E-state index is 0.182. The van der Waals surface area contributed by atoms with Crippen molar-refractivity contribution in [2.45, 2.75) is 19.6 Å². The zero-order valence-corrected chi connectivity index (χ0v) is 10.6. The molecule has 0 saturated carbocycles. The molecule has 0 saturated heterocycles. The van der Waals surface area contributed by atoms with Gasteiger partial charge in [-0.1, -0.05) is 18.2 Å². The smallest absolute Gasteiger partial charge is 0.119 e. The molecule has 1 aromatic carbocycles. The maximum Gasteiger partial charge on any atom is 0.119 e. The van der Waals surface area contributed by atoms with Crippen molar-refractivity contribution in [3.63, 3.8) is 0 Å². The van der Waals surface area contributed by atoms with Crippen LogP contribution < -0.4 is 10.1 Å².